The zero-order valence-electron chi connectivity index (χ0n) is 7.02. The van der Waals surface area contributed by atoms with Crippen LogP contribution in [-0.2, 0) is 9.47 Å². The number of hydrogen-bond donors (Lipinski definition) is 0. The first-order valence-corrected chi connectivity index (χ1v) is 4.67. The van der Waals surface area contributed by atoms with Crippen molar-refractivity contribution in [2.24, 2.45) is 0 Å². The summed E-state index contributed by atoms with van der Waals surface area (Å²) in [5, 5.41) is 0. The Balaban J connectivity index is 2.04. The van der Waals surface area contributed by atoms with Gasteiger partial charge in [-0.25, -0.2) is 0 Å². The Morgan fingerprint density at radius 1 is 1.54 bits per heavy atom. The second kappa shape index (κ2) is 4.05. The average molecular weight is 200 g/mol. The third kappa shape index (κ3) is 1.99. The fraction of sp³-hybridized carbons (Fsp3) is 0.444. The molecule has 2 unspecified atom stereocenters. The summed E-state index contributed by atoms with van der Waals surface area (Å²) < 4.78 is 10.9. The SMILES string of the molecule is ClCC1COC(c2ccccn2)O1. The van der Waals surface area contributed by atoms with Crippen LogP contribution in [0.2, 0.25) is 0 Å². The summed E-state index contributed by atoms with van der Waals surface area (Å²) in [7, 11) is 0. The second-order valence-corrected chi connectivity index (χ2v) is 3.14. The first kappa shape index (κ1) is 8.94. The first-order valence-electron chi connectivity index (χ1n) is 4.14. The van der Waals surface area contributed by atoms with Crippen molar-refractivity contribution < 1.29 is 9.47 Å². The molecule has 4 heteroatoms. The van der Waals surface area contributed by atoms with Gasteiger partial charge in [0.15, 0.2) is 0 Å². The largest absolute Gasteiger partial charge is 0.344 e. The van der Waals surface area contributed by atoms with Crippen LogP contribution in [-0.4, -0.2) is 23.6 Å². The predicted molar refractivity (Wildman–Crippen MR) is 48.5 cm³/mol. The highest BCUT2D eigenvalue weighted by atomic mass is 35.5. The fourth-order valence-corrected chi connectivity index (χ4v) is 1.36. The molecule has 13 heavy (non-hydrogen) atoms. The zero-order chi connectivity index (χ0) is 9.10. The molecule has 2 heterocycles. The minimum absolute atomic E-state index is 0.00586. The molecule has 1 saturated heterocycles. The molecule has 0 saturated carbocycles. The highest BCUT2D eigenvalue weighted by Crippen LogP contribution is 2.25. The molecule has 2 rings (SSSR count). The van der Waals surface area contributed by atoms with Crippen LogP contribution in [0.1, 0.15) is 12.0 Å². The highest BCUT2D eigenvalue weighted by molar-refractivity contribution is 6.18. The Labute approximate surface area is 81.6 Å². The van der Waals surface area contributed by atoms with Gasteiger partial charge in [-0.1, -0.05) is 6.07 Å². The van der Waals surface area contributed by atoms with Crippen LogP contribution in [0.4, 0.5) is 0 Å². The maximum atomic E-state index is 5.64. The van der Waals surface area contributed by atoms with Crippen molar-refractivity contribution in [1.29, 1.82) is 0 Å². The molecule has 2 atom stereocenters. The molecular formula is C9H10ClNO2. The molecular weight excluding hydrogens is 190 g/mol. The third-order valence-corrected chi connectivity index (χ3v) is 2.20. The Hall–Kier alpha value is -0.640. The van der Waals surface area contributed by atoms with E-state index < -0.39 is 0 Å². The normalized spacial score (nSPS) is 27.8. The van der Waals surface area contributed by atoms with Crippen LogP contribution in [0.5, 0.6) is 0 Å². The Kier molecular flexibility index (Phi) is 2.78. The molecule has 0 amide bonds. The van der Waals surface area contributed by atoms with E-state index in [-0.39, 0.29) is 12.4 Å². The number of nitrogens with zero attached hydrogens (tertiary/aromatic N) is 1. The maximum absolute atomic E-state index is 5.64. The summed E-state index contributed by atoms with van der Waals surface area (Å²) in [6.45, 7) is 0.546. The number of aromatic nitrogens is 1. The van der Waals surface area contributed by atoms with Crippen molar-refractivity contribution in [1.82, 2.24) is 4.98 Å². The number of hydrogen-bond acceptors (Lipinski definition) is 3. The quantitative estimate of drug-likeness (QED) is 0.680. The second-order valence-electron chi connectivity index (χ2n) is 2.83. The van der Waals surface area contributed by atoms with Crippen LogP contribution < -0.4 is 0 Å². The third-order valence-electron chi connectivity index (χ3n) is 1.85. The summed E-state index contributed by atoms with van der Waals surface area (Å²) in [6, 6.07) is 5.64. The van der Waals surface area contributed by atoms with E-state index >= 15 is 0 Å². The number of halogens is 1. The number of alkyl halides is 1. The number of rotatable bonds is 2. The van der Waals surface area contributed by atoms with Gasteiger partial charge >= 0.3 is 0 Å². The first-order chi connectivity index (χ1) is 6.40. The lowest BCUT2D eigenvalue weighted by Gasteiger charge is -2.08. The van der Waals surface area contributed by atoms with Crippen LogP contribution in [0.25, 0.3) is 0 Å². The molecule has 1 aromatic heterocycles. The minimum atomic E-state index is -0.343. The lowest BCUT2D eigenvalue weighted by Crippen LogP contribution is -2.11. The minimum Gasteiger partial charge on any atom is -0.344 e. The van der Waals surface area contributed by atoms with Crippen molar-refractivity contribution in [3.63, 3.8) is 0 Å². The Morgan fingerprint density at radius 2 is 2.46 bits per heavy atom. The van der Waals surface area contributed by atoms with Gasteiger partial charge in [-0.2, -0.15) is 0 Å². The van der Waals surface area contributed by atoms with Crippen molar-refractivity contribution in [2.45, 2.75) is 12.4 Å². The molecule has 3 nitrogen and oxygen atoms in total. The molecule has 0 radical (unpaired) electrons. The van der Waals surface area contributed by atoms with Crippen LogP contribution in [0.15, 0.2) is 24.4 Å². The maximum Gasteiger partial charge on any atom is 0.201 e. The Morgan fingerprint density at radius 3 is 3.08 bits per heavy atom. The van der Waals surface area contributed by atoms with Crippen molar-refractivity contribution in [2.75, 3.05) is 12.5 Å². The molecule has 1 aromatic rings. The number of pyridine rings is 1. The molecule has 70 valence electrons. The van der Waals surface area contributed by atoms with E-state index in [0.717, 1.165) is 5.69 Å². The van der Waals surface area contributed by atoms with E-state index in [1.165, 1.54) is 0 Å². The van der Waals surface area contributed by atoms with Crippen LogP contribution >= 0.6 is 11.6 Å². The summed E-state index contributed by atoms with van der Waals surface area (Å²) in [6.07, 6.45) is 1.37. The standard InChI is InChI=1S/C9H10ClNO2/c10-5-7-6-12-9(13-7)8-3-1-2-4-11-8/h1-4,7,9H,5-6H2. The van der Waals surface area contributed by atoms with Gasteiger partial charge in [0.25, 0.3) is 0 Å². The summed E-state index contributed by atoms with van der Waals surface area (Å²) >= 11 is 5.64. The summed E-state index contributed by atoms with van der Waals surface area (Å²) in [4.78, 5) is 4.14. The molecule has 0 spiro atoms. The van der Waals surface area contributed by atoms with Crippen molar-refractivity contribution in [3.05, 3.63) is 30.1 Å². The molecule has 1 fully saturated rings. The predicted octanol–water partition coefficient (Wildman–Crippen LogP) is 1.73. The van der Waals surface area contributed by atoms with E-state index in [0.29, 0.717) is 12.5 Å². The van der Waals surface area contributed by atoms with E-state index in [1.807, 2.05) is 18.2 Å². The van der Waals surface area contributed by atoms with Crippen molar-refractivity contribution >= 4 is 11.6 Å². The lowest BCUT2D eigenvalue weighted by atomic mass is 10.3. The fourth-order valence-electron chi connectivity index (χ4n) is 1.20. The average Bonchev–Trinajstić information content (AvgIpc) is 2.67. The van der Waals surface area contributed by atoms with E-state index in [1.54, 1.807) is 6.20 Å². The van der Waals surface area contributed by atoms with Crippen LogP contribution in [0.3, 0.4) is 0 Å². The zero-order valence-corrected chi connectivity index (χ0v) is 7.78. The van der Waals surface area contributed by atoms with E-state index in [4.69, 9.17) is 21.1 Å². The van der Waals surface area contributed by atoms with Gasteiger partial charge in [0.1, 0.15) is 0 Å². The van der Waals surface area contributed by atoms with Gasteiger partial charge in [0.05, 0.1) is 24.3 Å². The lowest BCUT2D eigenvalue weighted by molar-refractivity contribution is -0.0597. The highest BCUT2D eigenvalue weighted by Gasteiger charge is 2.27. The van der Waals surface area contributed by atoms with Gasteiger partial charge in [-0.15, -0.1) is 11.6 Å². The van der Waals surface area contributed by atoms with Gasteiger partial charge in [-0.05, 0) is 12.1 Å². The smallest absolute Gasteiger partial charge is 0.201 e. The molecule has 1 aliphatic heterocycles. The Bertz CT molecular complexity index is 268. The van der Waals surface area contributed by atoms with Crippen LogP contribution in [0, 0.1) is 0 Å². The van der Waals surface area contributed by atoms with E-state index in [2.05, 4.69) is 4.98 Å². The van der Waals surface area contributed by atoms with Gasteiger partial charge in [-0.3, -0.25) is 4.98 Å². The van der Waals surface area contributed by atoms with E-state index in [9.17, 15) is 0 Å². The molecule has 0 bridgehead atoms. The summed E-state index contributed by atoms with van der Waals surface area (Å²) in [5.74, 6) is 0.462. The molecule has 0 aromatic carbocycles. The van der Waals surface area contributed by atoms with Gasteiger partial charge in [0, 0.05) is 6.20 Å². The summed E-state index contributed by atoms with van der Waals surface area (Å²) in [5.41, 5.74) is 0.801. The molecule has 0 N–H and O–H groups in total. The van der Waals surface area contributed by atoms with Crippen molar-refractivity contribution in [3.8, 4) is 0 Å². The topological polar surface area (TPSA) is 31.4 Å². The van der Waals surface area contributed by atoms with Gasteiger partial charge < -0.3 is 9.47 Å². The molecule has 0 aliphatic carbocycles. The molecule has 1 aliphatic rings. The number of ether oxygens (including phenoxy) is 2. The van der Waals surface area contributed by atoms with Gasteiger partial charge in [0.2, 0.25) is 6.29 Å². The monoisotopic (exact) mass is 199 g/mol.